The average Bonchev–Trinajstić information content (AvgIpc) is 3.83. The van der Waals surface area contributed by atoms with Crippen LogP contribution in [0.1, 0.15) is 27.2 Å². The van der Waals surface area contributed by atoms with E-state index < -0.39 is 0 Å². The minimum absolute atomic E-state index is 0.254. The van der Waals surface area contributed by atoms with Crippen molar-refractivity contribution in [2.24, 2.45) is 5.41 Å². The summed E-state index contributed by atoms with van der Waals surface area (Å²) in [7, 11) is 0. The number of fused-ring (bicyclic) bond motifs is 6. The van der Waals surface area contributed by atoms with Gasteiger partial charge in [0.05, 0.1) is 11.0 Å². The Morgan fingerprint density at radius 2 is 1.10 bits per heavy atom. The molecule has 2 nitrogen and oxygen atoms in total. The van der Waals surface area contributed by atoms with Gasteiger partial charge in [-0.2, -0.15) is 0 Å². The van der Waals surface area contributed by atoms with Gasteiger partial charge in [0.15, 0.2) is 0 Å². The van der Waals surface area contributed by atoms with Crippen molar-refractivity contribution in [1.29, 1.82) is 0 Å². The number of hydrogen-bond acceptors (Lipinski definition) is 2. The molecule has 0 aliphatic carbocycles. The van der Waals surface area contributed by atoms with Gasteiger partial charge in [0, 0.05) is 53.7 Å². The first kappa shape index (κ1) is 40.2. The SMILES string of the molecule is C=C(/C=C\C=C/CC(C)(C)C)C(=C)/C=C\C(=C)N(c1ccc(-c2ccccc2)cc1)c1ccc2c(c1)c1cc(-c3ccc4c(c3)sc3ccccc34)ccc1n2-c1ccccc1. The van der Waals surface area contributed by atoms with Crippen molar-refractivity contribution >= 4 is 64.7 Å². The highest BCUT2D eigenvalue weighted by Crippen LogP contribution is 2.41. The van der Waals surface area contributed by atoms with E-state index in [1.807, 2.05) is 35.6 Å². The number of nitrogens with zero attached hydrogens (tertiary/aromatic N) is 2. The van der Waals surface area contributed by atoms with Crippen molar-refractivity contribution in [2.45, 2.75) is 27.2 Å². The van der Waals surface area contributed by atoms with E-state index in [1.165, 1.54) is 42.2 Å². The van der Waals surface area contributed by atoms with Gasteiger partial charge in [0.1, 0.15) is 0 Å². The van der Waals surface area contributed by atoms with Gasteiger partial charge in [-0.15, -0.1) is 11.3 Å². The fraction of sp³-hybridized carbons (Fsp3) is 0.0847. The molecule has 0 N–H and O–H groups in total. The summed E-state index contributed by atoms with van der Waals surface area (Å²) in [5, 5.41) is 4.97. The molecule has 302 valence electrons. The molecule has 0 saturated carbocycles. The smallest absolute Gasteiger partial charge is 0.0542 e. The summed E-state index contributed by atoms with van der Waals surface area (Å²) < 4.78 is 4.99. The Bertz CT molecular complexity index is 3220. The first-order chi connectivity index (χ1) is 30.1. The van der Waals surface area contributed by atoms with Crippen LogP contribution in [0, 0.1) is 5.41 Å². The third-order valence-electron chi connectivity index (χ3n) is 11.4. The first-order valence-corrected chi connectivity index (χ1v) is 22.0. The van der Waals surface area contributed by atoms with Gasteiger partial charge in [-0.3, -0.25) is 0 Å². The van der Waals surface area contributed by atoms with Crippen LogP contribution in [0.5, 0.6) is 0 Å². The van der Waals surface area contributed by atoms with Gasteiger partial charge in [-0.05, 0) is 118 Å². The Morgan fingerprint density at radius 3 is 1.85 bits per heavy atom. The number of rotatable bonds is 12. The van der Waals surface area contributed by atoms with Gasteiger partial charge in [-0.1, -0.05) is 168 Å². The number of para-hydroxylation sites is 1. The van der Waals surface area contributed by atoms with E-state index in [9.17, 15) is 0 Å². The number of allylic oxidation sites excluding steroid dienone is 8. The number of anilines is 2. The van der Waals surface area contributed by atoms with Gasteiger partial charge < -0.3 is 9.47 Å². The summed E-state index contributed by atoms with van der Waals surface area (Å²) in [5.41, 5.74) is 12.9. The Labute approximate surface area is 369 Å². The molecule has 7 aromatic carbocycles. The Balaban J connectivity index is 1.13. The monoisotopic (exact) mass is 818 g/mol. The van der Waals surface area contributed by atoms with Gasteiger partial charge in [-0.25, -0.2) is 0 Å². The predicted octanol–water partition coefficient (Wildman–Crippen LogP) is 17.4. The van der Waals surface area contributed by atoms with Crippen LogP contribution in [-0.2, 0) is 0 Å². The van der Waals surface area contributed by atoms with Crippen LogP contribution < -0.4 is 4.90 Å². The predicted molar refractivity (Wildman–Crippen MR) is 272 cm³/mol. The van der Waals surface area contributed by atoms with E-state index in [-0.39, 0.29) is 5.41 Å². The van der Waals surface area contributed by atoms with Crippen molar-refractivity contribution in [3.63, 3.8) is 0 Å². The zero-order valence-corrected chi connectivity index (χ0v) is 36.5. The zero-order chi connectivity index (χ0) is 42.8. The van der Waals surface area contributed by atoms with Crippen molar-refractivity contribution < 1.29 is 0 Å². The largest absolute Gasteiger partial charge is 0.311 e. The maximum absolute atomic E-state index is 4.65. The van der Waals surface area contributed by atoms with Crippen molar-refractivity contribution in [2.75, 3.05) is 4.90 Å². The van der Waals surface area contributed by atoms with Crippen molar-refractivity contribution in [3.05, 3.63) is 237 Å². The summed E-state index contributed by atoms with van der Waals surface area (Å²) in [5.74, 6) is 0. The Kier molecular flexibility index (Phi) is 11.1. The second-order valence-corrected chi connectivity index (χ2v) is 18.2. The molecule has 2 heterocycles. The van der Waals surface area contributed by atoms with Crippen LogP contribution in [-0.4, -0.2) is 4.57 Å². The van der Waals surface area contributed by atoms with Gasteiger partial charge >= 0.3 is 0 Å². The number of thiophene rings is 1. The highest BCUT2D eigenvalue weighted by atomic mass is 32.1. The molecule has 9 aromatic rings. The fourth-order valence-electron chi connectivity index (χ4n) is 8.16. The molecular weight excluding hydrogens is 769 g/mol. The topological polar surface area (TPSA) is 8.17 Å². The average molecular weight is 819 g/mol. The second-order valence-electron chi connectivity index (χ2n) is 17.1. The lowest BCUT2D eigenvalue weighted by Gasteiger charge is -2.26. The van der Waals surface area contributed by atoms with Crippen LogP contribution in [0.4, 0.5) is 11.4 Å². The number of hydrogen-bond donors (Lipinski definition) is 0. The lowest BCUT2D eigenvalue weighted by atomic mass is 9.92. The van der Waals surface area contributed by atoms with E-state index in [2.05, 4.69) is 226 Å². The first-order valence-electron chi connectivity index (χ1n) is 21.2. The van der Waals surface area contributed by atoms with Crippen LogP contribution in [0.2, 0.25) is 0 Å². The van der Waals surface area contributed by atoms with Crippen molar-refractivity contribution in [1.82, 2.24) is 4.57 Å². The molecule has 9 rings (SSSR count). The lowest BCUT2D eigenvalue weighted by Crippen LogP contribution is -2.14. The molecular formula is C59H50N2S. The van der Waals surface area contributed by atoms with E-state index in [0.717, 1.165) is 62.3 Å². The minimum atomic E-state index is 0.254. The molecule has 0 bridgehead atoms. The Hall–Kier alpha value is -7.20. The molecule has 0 saturated heterocycles. The van der Waals surface area contributed by atoms with E-state index >= 15 is 0 Å². The van der Waals surface area contributed by atoms with Crippen LogP contribution in [0.15, 0.2) is 237 Å². The molecule has 2 aromatic heterocycles. The third kappa shape index (κ3) is 8.28. The van der Waals surface area contributed by atoms with E-state index in [0.29, 0.717) is 0 Å². The molecule has 62 heavy (non-hydrogen) atoms. The minimum Gasteiger partial charge on any atom is -0.311 e. The van der Waals surface area contributed by atoms with E-state index in [4.69, 9.17) is 0 Å². The number of benzene rings is 7. The summed E-state index contributed by atoms with van der Waals surface area (Å²) in [6.07, 6.45) is 13.4. The Morgan fingerprint density at radius 1 is 0.516 bits per heavy atom. The number of aromatic nitrogens is 1. The molecule has 0 aliphatic rings. The molecule has 0 aliphatic heterocycles. The maximum Gasteiger partial charge on any atom is 0.0542 e. The molecule has 0 unspecified atom stereocenters. The van der Waals surface area contributed by atoms with Crippen LogP contribution in [0.3, 0.4) is 0 Å². The molecule has 3 heteroatoms. The summed E-state index contributed by atoms with van der Waals surface area (Å²) in [4.78, 5) is 2.23. The van der Waals surface area contributed by atoms with E-state index in [1.54, 1.807) is 0 Å². The standard InChI is InChI=1S/C59H50N2S/c1-41(18-10-9-17-37-59(4,5)6)42(2)25-26-43(3)60(49-31-27-45(28-32-49)44-19-11-7-12-20-44)50-33-36-56-54(40-50)53-38-46(30-35-55(53)61(56)48-21-13-8-14-22-48)47-29-34-52-51-23-15-16-24-57(51)62-58(52)39-47/h7-36,38-40H,1-3,37H2,4-6H3/b17-9-,18-10-,26-25-. The highest BCUT2D eigenvalue weighted by molar-refractivity contribution is 7.25. The highest BCUT2D eigenvalue weighted by Gasteiger charge is 2.19. The third-order valence-corrected chi connectivity index (χ3v) is 12.6. The summed E-state index contributed by atoms with van der Waals surface area (Å²) in [6.45, 7) is 20.0. The molecule has 0 spiro atoms. The normalized spacial score (nSPS) is 12.2. The maximum atomic E-state index is 4.65. The summed E-state index contributed by atoms with van der Waals surface area (Å²) in [6, 6.07) is 59.2. The van der Waals surface area contributed by atoms with Gasteiger partial charge in [0.25, 0.3) is 0 Å². The fourth-order valence-corrected chi connectivity index (χ4v) is 9.31. The second kappa shape index (κ2) is 17.0. The van der Waals surface area contributed by atoms with Crippen molar-refractivity contribution in [3.8, 4) is 27.9 Å². The molecule has 0 radical (unpaired) electrons. The molecule has 0 atom stereocenters. The summed E-state index contributed by atoms with van der Waals surface area (Å²) >= 11 is 1.86. The van der Waals surface area contributed by atoms with Crippen LogP contribution in [0.25, 0.3) is 69.9 Å². The quantitative estimate of drug-likeness (QED) is 0.112. The zero-order valence-electron chi connectivity index (χ0n) is 35.7. The lowest BCUT2D eigenvalue weighted by molar-refractivity contribution is 0.420. The molecule has 0 fully saturated rings. The van der Waals surface area contributed by atoms with Gasteiger partial charge in [0.2, 0.25) is 0 Å². The molecule has 0 amide bonds. The van der Waals surface area contributed by atoms with Crippen LogP contribution >= 0.6 is 11.3 Å².